The summed E-state index contributed by atoms with van der Waals surface area (Å²) < 4.78 is 23.3. The first kappa shape index (κ1) is 25.3. The molecule has 1 rings (SSSR count). The maximum absolute atomic E-state index is 13.0. The minimum atomic E-state index is -2.36. The summed E-state index contributed by atoms with van der Waals surface area (Å²) in [5.41, 5.74) is -1.89. The van der Waals surface area contributed by atoms with Crippen LogP contribution >= 0.6 is 0 Å². The van der Waals surface area contributed by atoms with Gasteiger partial charge in [-0.15, -0.1) is 0 Å². The Hall–Kier alpha value is -0.746. The summed E-state index contributed by atoms with van der Waals surface area (Å²) in [4.78, 5) is 26.0. The molecule has 1 aliphatic heterocycles. The summed E-state index contributed by atoms with van der Waals surface area (Å²) in [6.07, 6.45) is -1.84. The van der Waals surface area contributed by atoms with Crippen LogP contribution in [0.1, 0.15) is 34.6 Å². The Balaban J connectivity index is 3.41. The van der Waals surface area contributed by atoms with E-state index in [0.717, 1.165) is 18.1 Å². The molecular weight excluding hydrogens is 396 g/mol. The number of ether oxygens (including phenoxy) is 2. The molecule has 0 aromatic rings. The first-order chi connectivity index (χ1) is 12.9. The molecule has 0 spiro atoms. The van der Waals surface area contributed by atoms with Gasteiger partial charge in [-0.2, -0.15) is 0 Å². The summed E-state index contributed by atoms with van der Waals surface area (Å²) in [5, 5.41) is 10.3. The third-order valence-electron chi connectivity index (χ3n) is 5.49. The van der Waals surface area contributed by atoms with Gasteiger partial charge < -0.3 is 23.4 Å². The molecule has 1 N–H and O–H groups in total. The quantitative estimate of drug-likeness (QED) is 0.303. The van der Waals surface area contributed by atoms with Gasteiger partial charge in [0.05, 0.1) is 18.6 Å². The number of hydrogen-bond acceptors (Lipinski definition) is 7. The van der Waals surface area contributed by atoms with Crippen molar-refractivity contribution in [1.29, 1.82) is 0 Å². The van der Waals surface area contributed by atoms with Crippen LogP contribution in [0.2, 0.25) is 37.8 Å². The number of carbonyl (C=O) groups is 2. The molecule has 0 radical (unpaired) electrons. The van der Waals surface area contributed by atoms with Gasteiger partial charge in [0.15, 0.2) is 16.6 Å². The van der Waals surface area contributed by atoms with Crippen LogP contribution in [0.5, 0.6) is 0 Å². The first-order valence-electron chi connectivity index (χ1n) is 10.3. The smallest absolute Gasteiger partial charge is 0.350 e. The minimum absolute atomic E-state index is 0.117. The fourth-order valence-corrected chi connectivity index (χ4v) is 7.69. The van der Waals surface area contributed by atoms with E-state index in [1.165, 1.54) is 0 Å². The van der Waals surface area contributed by atoms with Crippen LogP contribution in [0.25, 0.3) is 0 Å². The lowest BCUT2D eigenvalue weighted by Gasteiger charge is -2.38. The van der Waals surface area contributed by atoms with Crippen molar-refractivity contribution in [2.45, 2.75) is 90.2 Å². The first-order valence-corrected chi connectivity index (χ1v) is 16.3. The number of aliphatic hydroxyl groups is 1. The van der Waals surface area contributed by atoms with Crippen LogP contribution in [-0.4, -0.2) is 64.7 Å². The minimum Gasteiger partial charge on any atom is -0.463 e. The Morgan fingerprint density at radius 3 is 2.11 bits per heavy atom. The van der Waals surface area contributed by atoms with Crippen LogP contribution in [0.15, 0.2) is 0 Å². The second-order valence-corrected chi connectivity index (χ2v) is 17.6. The Morgan fingerprint density at radius 2 is 1.71 bits per heavy atom. The van der Waals surface area contributed by atoms with Crippen molar-refractivity contribution < 1.29 is 33.0 Å². The standard InChI is InChI=1S/C19H38O7Si2/c1-9-23-17(21)19(26-27(6,7)8)15(16(14(5)20)25-18(19)22)13-24-28(10-2,11-3)12-4/h14-16,20H,9-13H2,1-8H3/t14-,15+,16-,19+/m1/s1. The molecule has 1 fully saturated rings. The van der Waals surface area contributed by atoms with Gasteiger partial charge in [0.1, 0.15) is 6.10 Å². The van der Waals surface area contributed by atoms with Gasteiger partial charge in [-0.3, -0.25) is 0 Å². The number of cyclic esters (lactones) is 1. The lowest BCUT2D eigenvalue weighted by Crippen LogP contribution is -2.59. The van der Waals surface area contributed by atoms with Gasteiger partial charge in [0, 0.05) is 6.61 Å². The highest BCUT2D eigenvalue weighted by Gasteiger charge is 2.67. The lowest BCUT2D eigenvalue weighted by atomic mass is 9.85. The van der Waals surface area contributed by atoms with Crippen molar-refractivity contribution in [3.8, 4) is 0 Å². The molecule has 28 heavy (non-hydrogen) atoms. The third kappa shape index (κ3) is 5.24. The van der Waals surface area contributed by atoms with Gasteiger partial charge in [0.25, 0.3) is 5.60 Å². The van der Waals surface area contributed by atoms with Crippen LogP contribution in [0.4, 0.5) is 0 Å². The summed E-state index contributed by atoms with van der Waals surface area (Å²) in [6, 6.07) is 2.80. The van der Waals surface area contributed by atoms with Crippen LogP contribution in [0, 0.1) is 5.92 Å². The summed E-state index contributed by atoms with van der Waals surface area (Å²) in [6.45, 7) is 15.5. The molecule has 1 saturated heterocycles. The average Bonchev–Trinajstić information content (AvgIpc) is 2.89. The molecule has 0 unspecified atom stereocenters. The predicted octanol–water partition coefficient (Wildman–Crippen LogP) is 3.08. The fourth-order valence-electron chi connectivity index (χ4n) is 3.76. The number of esters is 2. The van der Waals surface area contributed by atoms with Gasteiger partial charge >= 0.3 is 11.9 Å². The maximum atomic E-state index is 13.0. The van der Waals surface area contributed by atoms with E-state index >= 15 is 0 Å². The highest BCUT2D eigenvalue weighted by molar-refractivity contribution is 6.73. The maximum Gasteiger partial charge on any atom is 0.350 e. The molecule has 0 saturated carbocycles. The Bertz CT molecular complexity index is 535. The predicted molar refractivity (Wildman–Crippen MR) is 112 cm³/mol. The fraction of sp³-hybridized carbons (Fsp3) is 0.895. The molecule has 0 amide bonds. The molecule has 0 aromatic heterocycles. The molecule has 1 heterocycles. The second-order valence-electron chi connectivity index (χ2n) is 8.44. The second kappa shape index (κ2) is 9.84. The number of carbonyl (C=O) groups excluding carboxylic acids is 2. The van der Waals surface area contributed by atoms with Gasteiger partial charge in [-0.05, 0) is 51.6 Å². The van der Waals surface area contributed by atoms with Crippen molar-refractivity contribution in [2.24, 2.45) is 5.92 Å². The van der Waals surface area contributed by atoms with E-state index in [9.17, 15) is 14.7 Å². The van der Waals surface area contributed by atoms with Crippen molar-refractivity contribution >= 4 is 28.6 Å². The molecule has 164 valence electrons. The van der Waals surface area contributed by atoms with Crippen LogP contribution in [-0.2, 0) is 27.9 Å². The monoisotopic (exact) mass is 434 g/mol. The SMILES string of the molecule is CCOC(=O)[C@]1(O[Si](C)(C)C)C(=O)O[C@H]([C@@H](C)O)[C@@H]1CO[Si](CC)(CC)CC. The average molecular weight is 435 g/mol. The van der Waals surface area contributed by atoms with E-state index in [1.807, 2.05) is 19.6 Å². The molecule has 4 atom stereocenters. The van der Waals surface area contributed by atoms with Crippen molar-refractivity contribution in [1.82, 2.24) is 0 Å². The molecule has 9 heteroatoms. The molecule has 1 aliphatic rings. The molecule has 0 bridgehead atoms. The number of hydrogen-bond donors (Lipinski definition) is 1. The third-order valence-corrected chi connectivity index (χ3v) is 11.1. The highest BCUT2D eigenvalue weighted by Crippen LogP contribution is 2.41. The van der Waals surface area contributed by atoms with E-state index in [2.05, 4.69) is 20.8 Å². The molecule has 0 aliphatic carbocycles. The van der Waals surface area contributed by atoms with Gasteiger partial charge in [-0.1, -0.05) is 20.8 Å². The van der Waals surface area contributed by atoms with E-state index in [4.69, 9.17) is 18.3 Å². The number of aliphatic hydroxyl groups excluding tert-OH is 1. The zero-order valence-electron chi connectivity index (χ0n) is 18.7. The molecule has 0 aromatic carbocycles. The summed E-state index contributed by atoms with van der Waals surface area (Å²) in [7, 11) is -4.35. The summed E-state index contributed by atoms with van der Waals surface area (Å²) >= 11 is 0. The van der Waals surface area contributed by atoms with Gasteiger partial charge in [0.2, 0.25) is 0 Å². The normalized spacial score (nSPS) is 26.8. The van der Waals surface area contributed by atoms with E-state index < -0.39 is 52.3 Å². The van der Waals surface area contributed by atoms with Crippen molar-refractivity contribution in [3.05, 3.63) is 0 Å². The van der Waals surface area contributed by atoms with Crippen molar-refractivity contribution in [2.75, 3.05) is 13.2 Å². The Morgan fingerprint density at radius 1 is 1.18 bits per heavy atom. The topological polar surface area (TPSA) is 91.3 Å². The largest absolute Gasteiger partial charge is 0.463 e. The Kier molecular flexibility index (Phi) is 8.89. The van der Waals surface area contributed by atoms with E-state index in [0.29, 0.717) is 0 Å². The lowest BCUT2D eigenvalue weighted by molar-refractivity contribution is -0.175. The van der Waals surface area contributed by atoms with Gasteiger partial charge in [-0.25, -0.2) is 9.59 Å². The zero-order valence-corrected chi connectivity index (χ0v) is 20.7. The van der Waals surface area contributed by atoms with E-state index in [1.54, 1.807) is 13.8 Å². The van der Waals surface area contributed by atoms with Crippen molar-refractivity contribution in [3.63, 3.8) is 0 Å². The number of rotatable bonds is 11. The Labute approximate surface area is 171 Å². The summed E-state index contributed by atoms with van der Waals surface area (Å²) in [5.74, 6) is -2.30. The van der Waals surface area contributed by atoms with E-state index in [-0.39, 0.29) is 13.2 Å². The zero-order chi connectivity index (χ0) is 21.8. The molecular formula is C19H38O7Si2. The van der Waals surface area contributed by atoms with Crippen LogP contribution in [0.3, 0.4) is 0 Å². The molecule has 7 nitrogen and oxygen atoms in total. The van der Waals surface area contributed by atoms with Crippen LogP contribution < -0.4 is 0 Å². The highest BCUT2D eigenvalue weighted by atomic mass is 28.4.